The molecule has 0 radical (unpaired) electrons. The van der Waals surface area contributed by atoms with Crippen molar-refractivity contribution in [3.05, 3.63) is 23.8 Å². The lowest BCUT2D eigenvalue weighted by Crippen LogP contribution is -2.54. The van der Waals surface area contributed by atoms with Gasteiger partial charge in [-0.25, -0.2) is 4.57 Å². The van der Waals surface area contributed by atoms with Gasteiger partial charge in [0.2, 0.25) is 0 Å². The normalized spacial score (nSPS) is 46.2. The second-order valence-electron chi connectivity index (χ2n) is 8.35. The number of fused-ring (bicyclic) bond motifs is 5. The maximum Gasteiger partial charge on any atom is 0.469 e. The molecule has 0 aliphatic heterocycles. The first-order valence-corrected chi connectivity index (χ1v) is 10.5. The highest BCUT2D eigenvalue weighted by atomic mass is 31.2. The number of hydrogen-bond acceptors (Lipinski definition) is 4. The van der Waals surface area contributed by atoms with Crippen molar-refractivity contribution in [2.45, 2.75) is 57.2 Å². The highest BCUT2D eigenvalue weighted by molar-refractivity contribution is 7.46. The zero-order chi connectivity index (χ0) is 18.0. The Morgan fingerprint density at radius 2 is 2.00 bits per heavy atom. The van der Waals surface area contributed by atoms with Gasteiger partial charge in [-0.1, -0.05) is 13.0 Å². The minimum atomic E-state index is -4.51. The molecule has 2 saturated carbocycles. The molecule has 4 aliphatic carbocycles. The van der Waals surface area contributed by atoms with Crippen molar-refractivity contribution in [2.75, 3.05) is 0 Å². The summed E-state index contributed by atoms with van der Waals surface area (Å²) >= 11 is 0. The lowest BCUT2D eigenvalue weighted by Gasteiger charge is -2.54. The first-order chi connectivity index (χ1) is 11.6. The van der Waals surface area contributed by atoms with Gasteiger partial charge in [0, 0.05) is 6.42 Å². The Balaban J connectivity index is 1.64. The molecule has 4 rings (SSSR count). The summed E-state index contributed by atoms with van der Waals surface area (Å²) < 4.78 is 16.5. The van der Waals surface area contributed by atoms with E-state index in [9.17, 15) is 24.3 Å². The average molecular weight is 368 g/mol. The van der Waals surface area contributed by atoms with Crippen molar-refractivity contribution in [1.82, 2.24) is 0 Å². The summed E-state index contributed by atoms with van der Waals surface area (Å²) in [6, 6.07) is 0. The summed E-state index contributed by atoms with van der Waals surface area (Å²) in [5.74, 6) is 0.598. The molecule has 4 aliphatic rings. The Bertz CT molecular complexity index is 708. The minimum absolute atomic E-state index is 0.0333. The number of hydrogen-bond donors (Lipinski definition) is 3. The molecule has 25 heavy (non-hydrogen) atoms. The molecule has 3 N–H and O–H groups in total. The molecule has 0 heterocycles. The quantitative estimate of drug-likeness (QED) is 0.511. The highest BCUT2D eigenvalue weighted by Gasteiger charge is 2.60. The molecular weight excluding hydrogens is 343 g/mol. The Kier molecular flexibility index (Phi) is 3.95. The van der Waals surface area contributed by atoms with E-state index in [1.165, 1.54) is 6.08 Å². The van der Waals surface area contributed by atoms with Gasteiger partial charge in [0.1, 0.15) is 5.60 Å². The molecule has 7 heteroatoms. The summed E-state index contributed by atoms with van der Waals surface area (Å²) in [5, 5.41) is 11.3. The molecule has 0 amide bonds. The molecule has 4 unspecified atom stereocenters. The summed E-state index contributed by atoms with van der Waals surface area (Å²) in [5.41, 5.74) is -0.496. The molecule has 2 fully saturated rings. The third-order valence-electron chi connectivity index (χ3n) is 7.22. The fourth-order valence-corrected chi connectivity index (χ4v) is 6.72. The van der Waals surface area contributed by atoms with Crippen molar-refractivity contribution >= 4 is 13.6 Å². The highest BCUT2D eigenvalue weighted by Crippen LogP contribution is 2.63. The molecule has 0 aromatic rings. The number of phosphoric ester groups is 1. The molecule has 0 aromatic carbocycles. The van der Waals surface area contributed by atoms with Crippen molar-refractivity contribution in [1.29, 1.82) is 0 Å². The van der Waals surface area contributed by atoms with Crippen molar-refractivity contribution in [3.8, 4) is 0 Å². The molecule has 6 nitrogen and oxygen atoms in total. The van der Waals surface area contributed by atoms with Gasteiger partial charge in [-0.15, -0.1) is 0 Å². The standard InChI is InChI=1S/C18H25O6P/c1-17-8-7-15-13(14(17)4-5-16(17)24-25(21,22)23)3-2-11-10-12(19)6-9-18(11,15)20/h2,6,9,13-16,20H,3-5,7-8,10H2,1H3,(H2,21,22,23)/t13?,14?,15?,16?,17-,18+/m0/s1. The molecule has 0 aromatic heterocycles. The van der Waals surface area contributed by atoms with Crippen molar-refractivity contribution in [2.24, 2.45) is 23.2 Å². The molecule has 0 bridgehead atoms. The fourth-order valence-electron chi connectivity index (χ4n) is 6.04. The summed E-state index contributed by atoms with van der Waals surface area (Å²) in [6.07, 6.45) is 8.88. The van der Waals surface area contributed by atoms with E-state index in [4.69, 9.17) is 4.52 Å². The van der Waals surface area contributed by atoms with Gasteiger partial charge in [0.15, 0.2) is 5.78 Å². The van der Waals surface area contributed by atoms with E-state index in [1.807, 2.05) is 6.08 Å². The number of phosphoric acid groups is 1. The van der Waals surface area contributed by atoms with Gasteiger partial charge >= 0.3 is 7.82 Å². The third kappa shape index (κ3) is 2.70. The predicted molar refractivity (Wildman–Crippen MR) is 90.4 cm³/mol. The Morgan fingerprint density at radius 3 is 2.72 bits per heavy atom. The predicted octanol–water partition coefficient (Wildman–Crippen LogP) is 2.50. The van der Waals surface area contributed by atoms with E-state index in [1.54, 1.807) is 6.08 Å². The van der Waals surface area contributed by atoms with Crippen LogP contribution in [0.2, 0.25) is 0 Å². The van der Waals surface area contributed by atoms with Gasteiger partial charge in [-0.2, -0.15) is 0 Å². The fraction of sp³-hybridized carbons (Fsp3) is 0.722. The smallest absolute Gasteiger partial charge is 0.381 e. The molecule has 0 saturated heterocycles. The van der Waals surface area contributed by atoms with Crippen molar-refractivity contribution < 1.29 is 28.8 Å². The maximum atomic E-state index is 11.7. The Morgan fingerprint density at radius 1 is 1.24 bits per heavy atom. The second-order valence-corrected chi connectivity index (χ2v) is 9.54. The van der Waals surface area contributed by atoms with Gasteiger partial charge in [-0.3, -0.25) is 9.32 Å². The molecular formula is C18H25O6P. The van der Waals surface area contributed by atoms with Gasteiger partial charge < -0.3 is 14.9 Å². The zero-order valence-electron chi connectivity index (χ0n) is 14.3. The summed E-state index contributed by atoms with van der Waals surface area (Å²) in [4.78, 5) is 30.2. The number of carbonyl (C=O) groups is 1. The van der Waals surface area contributed by atoms with E-state index in [2.05, 4.69) is 6.92 Å². The summed E-state index contributed by atoms with van der Waals surface area (Å²) in [7, 11) is -4.51. The first kappa shape index (κ1) is 17.6. The van der Waals surface area contributed by atoms with Crippen LogP contribution in [0.15, 0.2) is 23.8 Å². The Labute approximate surface area is 147 Å². The molecule has 138 valence electrons. The van der Waals surface area contributed by atoms with Crippen LogP contribution >= 0.6 is 7.82 Å². The lowest BCUT2D eigenvalue weighted by atomic mass is 9.52. The second kappa shape index (κ2) is 5.61. The number of rotatable bonds is 2. The number of carbonyl (C=O) groups excluding carboxylic acids is 1. The van der Waals surface area contributed by atoms with E-state index >= 15 is 0 Å². The van der Waals surface area contributed by atoms with Crippen LogP contribution in [0.3, 0.4) is 0 Å². The number of ketones is 1. The topological polar surface area (TPSA) is 104 Å². The minimum Gasteiger partial charge on any atom is -0.381 e. The van der Waals surface area contributed by atoms with Gasteiger partial charge in [0.25, 0.3) is 0 Å². The molecule has 0 spiro atoms. The third-order valence-corrected chi connectivity index (χ3v) is 7.75. The van der Waals surface area contributed by atoms with Crippen LogP contribution < -0.4 is 0 Å². The van der Waals surface area contributed by atoms with Gasteiger partial charge in [-0.05, 0) is 73.0 Å². The zero-order valence-corrected chi connectivity index (χ0v) is 15.2. The van der Waals surface area contributed by atoms with E-state index in [-0.39, 0.29) is 29.0 Å². The van der Waals surface area contributed by atoms with Crippen LogP contribution in [0.1, 0.15) is 45.4 Å². The lowest BCUT2D eigenvalue weighted by molar-refractivity contribution is -0.117. The largest absolute Gasteiger partial charge is 0.469 e. The van der Waals surface area contributed by atoms with E-state index in [0.29, 0.717) is 12.8 Å². The number of allylic oxidation sites excluding steroid dienone is 2. The van der Waals surface area contributed by atoms with Gasteiger partial charge in [0.05, 0.1) is 6.10 Å². The van der Waals surface area contributed by atoms with E-state index in [0.717, 1.165) is 31.3 Å². The van der Waals surface area contributed by atoms with Crippen LogP contribution in [-0.2, 0) is 13.9 Å². The number of aliphatic hydroxyl groups is 1. The monoisotopic (exact) mass is 368 g/mol. The van der Waals surface area contributed by atoms with Crippen LogP contribution in [-0.4, -0.2) is 32.4 Å². The van der Waals surface area contributed by atoms with Crippen LogP contribution in [0.5, 0.6) is 0 Å². The van der Waals surface area contributed by atoms with Crippen LogP contribution in [0, 0.1) is 23.2 Å². The maximum absolute atomic E-state index is 11.7. The van der Waals surface area contributed by atoms with E-state index < -0.39 is 19.5 Å². The first-order valence-electron chi connectivity index (χ1n) is 9.01. The summed E-state index contributed by atoms with van der Waals surface area (Å²) in [6.45, 7) is 2.07. The average Bonchev–Trinajstić information content (AvgIpc) is 2.83. The van der Waals surface area contributed by atoms with Crippen LogP contribution in [0.25, 0.3) is 0 Å². The molecule has 6 atom stereocenters. The Hall–Kier alpha value is -0.780. The van der Waals surface area contributed by atoms with Crippen molar-refractivity contribution in [3.63, 3.8) is 0 Å². The van der Waals surface area contributed by atoms with Crippen LogP contribution in [0.4, 0.5) is 0 Å². The SMILES string of the molecule is C[C@]12CCC3C(CC=C4CC(=O)C=C[C@@]43O)C1CCC2OP(=O)(O)O.